The van der Waals surface area contributed by atoms with Crippen molar-refractivity contribution in [3.63, 3.8) is 0 Å². The second-order valence-electron chi connectivity index (χ2n) is 11.3. The molecule has 11 heteroatoms. The van der Waals surface area contributed by atoms with Gasteiger partial charge in [0.05, 0.1) is 28.7 Å². The molecule has 3 atom stereocenters. The predicted octanol–water partition coefficient (Wildman–Crippen LogP) is 3.99. The zero-order chi connectivity index (χ0) is 30.1. The van der Waals surface area contributed by atoms with E-state index in [0.717, 1.165) is 32.2 Å². The standard InChI is InChI=1S/C31H43N7O4/c1-20(8-7-14-34-3)21(2)42-26-18-24(23(32)11-15-35-19-27-36-16-17-41-27)37-30(38-26)28(33)22-9-6-13-31(29(22)40)12-5-4-10-25(31)39/h11,15-18,20-21,34H,4-10,12-14,19,32-33H2,1-3H3/t20-,21-,31+/m0/s1. The normalized spacial score (nSPS) is 22.5. The third-order valence-electron chi connectivity index (χ3n) is 8.36. The summed E-state index contributed by atoms with van der Waals surface area (Å²) in [5.41, 5.74) is 13.4. The van der Waals surface area contributed by atoms with Gasteiger partial charge in [-0.2, -0.15) is 4.98 Å². The molecular weight excluding hydrogens is 534 g/mol. The van der Waals surface area contributed by atoms with Crippen molar-refractivity contribution >= 4 is 29.2 Å². The van der Waals surface area contributed by atoms with Crippen LogP contribution in [-0.4, -0.2) is 52.4 Å². The maximum Gasteiger partial charge on any atom is 0.217 e. The van der Waals surface area contributed by atoms with Crippen molar-refractivity contribution in [2.45, 2.75) is 84.3 Å². The molecule has 0 saturated heterocycles. The maximum absolute atomic E-state index is 13.8. The second kappa shape index (κ2) is 14.4. The van der Waals surface area contributed by atoms with Crippen LogP contribution in [0.3, 0.4) is 0 Å². The number of hydrogen-bond donors (Lipinski definition) is 3. The SMILES string of the molecule is CNCCC[C@H](C)[C@H](C)Oc1cc(C(N)=CC=NCc2ncco2)nc(C(N)=C2CCC[C@@]3(CCCCC3=O)C2=O)n1. The molecule has 2 fully saturated rings. The topological polar surface area (TPSA) is 172 Å². The molecule has 5 N–H and O–H groups in total. The first kappa shape index (κ1) is 31.1. The van der Waals surface area contributed by atoms with Crippen LogP contribution in [0.5, 0.6) is 5.88 Å². The number of aliphatic imine (C=N–C) groups is 1. The van der Waals surface area contributed by atoms with Crippen LogP contribution in [0.4, 0.5) is 0 Å². The van der Waals surface area contributed by atoms with Gasteiger partial charge in [0.2, 0.25) is 11.8 Å². The van der Waals surface area contributed by atoms with Gasteiger partial charge in [0.1, 0.15) is 24.7 Å². The molecule has 2 aliphatic rings. The van der Waals surface area contributed by atoms with Crippen LogP contribution < -0.4 is 21.5 Å². The van der Waals surface area contributed by atoms with Crippen molar-refractivity contribution in [2.75, 3.05) is 13.6 Å². The fourth-order valence-electron chi connectivity index (χ4n) is 5.65. The first-order valence-electron chi connectivity index (χ1n) is 14.9. The highest BCUT2D eigenvalue weighted by molar-refractivity contribution is 6.17. The van der Waals surface area contributed by atoms with Crippen LogP contribution in [-0.2, 0) is 16.1 Å². The fraction of sp³-hybridized carbons (Fsp3) is 0.548. The van der Waals surface area contributed by atoms with Gasteiger partial charge in [-0.1, -0.05) is 13.3 Å². The van der Waals surface area contributed by atoms with Gasteiger partial charge in [-0.3, -0.25) is 14.6 Å². The summed E-state index contributed by atoms with van der Waals surface area (Å²) in [5.74, 6) is 1.08. The molecule has 2 heterocycles. The van der Waals surface area contributed by atoms with Crippen LogP contribution in [0.25, 0.3) is 11.4 Å². The Morgan fingerprint density at radius 3 is 2.74 bits per heavy atom. The summed E-state index contributed by atoms with van der Waals surface area (Å²) in [6, 6.07) is 1.67. The number of oxazole rings is 1. The molecule has 0 aromatic carbocycles. The number of ketones is 2. The molecule has 0 amide bonds. The lowest BCUT2D eigenvalue weighted by molar-refractivity contribution is -0.143. The van der Waals surface area contributed by atoms with Crippen molar-refractivity contribution in [3.8, 4) is 5.88 Å². The Balaban J connectivity index is 1.65. The van der Waals surface area contributed by atoms with Crippen LogP contribution in [0.1, 0.15) is 89.0 Å². The first-order valence-corrected chi connectivity index (χ1v) is 14.9. The average molecular weight is 578 g/mol. The Hall–Kier alpha value is -3.86. The van der Waals surface area contributed by atoms with E-state index in [2.05, 4.69) is 32.2 Å². The molecule has 1 spiro atoms. The van der Waals surface area contributed by atoms with E-state index in [1.165, 1.54) is 6.26 Å². The predicted molar refractivity (Wildman–Crippen MR) is 161 cm³/mol. The number of allylic oxidation sites excluding steroid dienone is 2. The molecule has 2 aliphatic carbocycles. The summed E-state index contributed by atoms with van der Waals surface area (Å²) in [6.07, 6.45) is 12.5. The summed E-state index contributed by atoms with van der Waals surface area (Å²) < 4.78 is 11.5. The largest absolute Gasteiger partial charge is 0.474 e. The molecule has 4 rings (SSSR count). The van der Waals surface area contributed by atoms with Crippen LogP contribution in [0.2, 0.25) is 0 Å². The minimum Gasteiger partial charge on any atom is -0.474 e. The monoisotopic (exact) mass is 577 g/mol. The van der Waals surface area contributed by atoms with Gasteiger partial charge in [0.15, 0.2) is 11.6 Å². The second-order valence-corrected chi connectivity index (χ2v) is 11.3. The summed E-state index contributed by atoms with van der Waals surface area (Å²) >= 11 is 0. The van der Waals surface area contributed by atoms with Gasteiger partial charge in [-0.25, -0.2) is 9.97 Å². The van der Waals surface area contributed by atoms with Gasteiger partial charge in [-0.05, 0) is 77.5 Å². The quantitative estimate of drug-likeness (QED) is 0.145. The van der Waals surface area contributed by atoms with Crippen LogP contribution in [0, 0.1) is 11.3 Å². The van der Waals surface area contributed by atoms with E-state index in [1.54, 1.807) is 24.6 Å². The number of carbonyl (C=O) groups excluding carboxylic acids is 2. The Bertz CT molecular complexity index is 1330. The van der Waals surface area contributed by atoms with E-state index in [4.69, 9.17) is 20.6 Å². The number of nitrogens with two attached hydrogens (primary N) is 2. The zero-order valence-corrected chi connectivity index (χ0v) is 24.9. The van der Waals surface area contributed by atoms with Crippen LogP contribution in [0.15, 0.2) is 39.6 Å². The van der Waals surface area contributed by atoms with Crippen molar-refractivity contribution in [1.29, 1.82) is 0 Å². The number of nitrogens with one attached hydrogen (secondary N) is 1. The van der Waals surface area contributed by atoms with Gasteiger partial charge < -0.3 is 25.9 Å². The van der Waals surface area contributed by atoms with E-state index < -0.39 is 5.41 Å². The number of hydrogen-bond acceptors (Lipinski definition) is 11. The number of Topliss-reactive ketones (excluding diaryl/α,β-unsaturated/α-hetero) is 2. The van der Waals surface area contributed by atoms with E-state index in [1.807, 2.05) is 14.0 Å². The summed E-state index contributed by atoms with van der Waals surface area (Å²) in [4.78, 5) is 44.3. The lowest BCUT2D eigenvalue weighted by Gasteiger charge is -2.38. The smallest absolute Gasteiger partial charge is 0.217 e. The molecule has 226 valence electrons. The highest BCUT2D eigenvalue weighted by atomic mass is 16.5. The lowest BCUT2D eigenvalue weighted by Crippen LogP contribution is -2.45. The zero-order valence-electron chi connectivity index (χ0n) is 24.9. The Kier molecular flexibility index (Phi) is 10.6. The van der Waals surface area contributed by atoms with Crippen molar-refractivity contribution in [1.82, 2.24) is 20.3 Å². The fourth-order valence-corrected chi connectivity index (χ4v) is 5.65. The molecule has 2 aromatic rings. The molecule has 0 bridgehead atoms. The summed E-state index contributed by atoms with van der Waals surface area (Å²) in [6.45, 7) is 5.34. The molecule has 42 heavy (non-hydrogen) atoms. The highest BCUT2D eigenvalue weighted by Crippen LogP contribution is 2.45. The Morgan fingerprint density at radius 1 is 1.19 bits per heavy atom. The van der Waals surface area contributed by atoms with Gasteiger partial charge >= 0.3 is 0 Å². The molecule has 11 nitrogen and oxygen atoms in total. The van der Waals surface area contributed by atoms with Gasteiger partial charge in [0.25, 0.3) is 0 Å². The number of carbonyl (C=O) groups is 2. The summed E-state index contributed by atoms with van der Waals surface area (Å²) in [5, 5.41) is 3.17. The van der Waals surface area contributed by atoms with E-state index in [0.29, 0.717) is 60.8 Å². The molecule has 0 aliphatic heterocycles. The minimum atomic E-state index is -0.969. The molecule has 2 aromatic heterocycles. The third kappa shape index (κ3) is 7.31. The number of nitrogens with zero attached hydrogens (tertiary/aromatic N) is 4. The minimum absolute atomic E-state index is 0.0275. The highest BCUT2D eigenvalue weighted by Gasteiger charge is 2.49. The maximum atomic E-state index is 13.8. The first-order chi connectivity index (χ1) is 20.2. The molecule has 0 unspecified atom stereocenters. The third-order valence-corrected chi connectivity index (χ3v) is 8.36. The lowest BCUT2D eigenvalue weighted by atomic mass is 9.62. The van der Waals surface area contributed by atoms with E-state index in [9.17, 15) is 9.59 Å². The van der Waals surface area contributed by atoms with Crippen molar-refractivity contribution < 1.29 is 18.7 Å². The molecule has 2 saturated carbocycles. The van der Waals surface area contributed by atoms with E-state index in [-0.39, 0.29) is 41.7 Å². The summed E-state index contributed by atoms with van der Waals surface area (Å²) in [7, 11) is 1.94. The number of ether oxygens (including phenoxy) is 1. The van der Waals surface area contributed by atoms with E-state index >= 15 is 0 Å². The number of rotatable bonds is 12. The molecular formula is C31H43N7O4. The van der Waals surface area contributed by atoms with Crippen molar-refractivity contribution in [3.05, 3.63) is 47.6 Å². The van der Waals surface area contributed by atoms with Gasteiger partial charge in [0, 0.05) is 24.3 Å². The number of aromatic nitrogens is 3. The Labute approximate surface area is 247 Å². The molecule has 0 radical (unpaired) electrons. The average Bonchev–Trinajstić information content (AvgIpc) is 3.51. The van der Waals surface area contributed by atoms with Gasteiger partial charge in [-0.15, -0.1) is 0 Å². The Morgan fingerprint density at radius 2 is 2.00 bits per heavy atom. The van der Waals surface area contributed by atoms with Crippen molar-refractivity contribution in [2.24, 2.45) is 27.8 Å². The van der Waals surface area contributed by atoms with Crippen LogP contribution >= 0.6 is 0 Å².